The third kappa shape index (κ3) is 5.44. The molecule has 0 N–H and O–H groups in total. The van der Waals surface area contributed by atoms with Crippen molar-refractivity contribution in [3.05, 3.63) is 237 Å². The predicted octanol–water partition coefficient (Wildman–Crippen LogP) is 15.6. The zero-order valence-electron chi connectivity index (χ0n) is 35.8. The van der Waals surface area contributed by atoms with E-state index in [2.05, 4.69) is 255 Å². The highest BCUT2D eigenvalue weighted by atomic mass is 15.0. The Labute approximate surface area is 379 Å². The fourth-order valence-corrected chi connectivity index (χ4v) is 10.6. The molecule has 308 valence electrons. The summed E-state index contributed by atoms with van der Waals surface area (Å²) in [5.41, 5.74) is 17.9. The number of fused-ring (bicyclic) bond motifs is 10. The summed E-state index contributed by atoms with van der Waals surface area (Å²) in [5.74, 6) is 0. The molecule has 5 nitrogen and oxygen atoms in total. The molecule has 0 aliphatic heterocycles. The highest BCUT2D eigenvalue weighted by Crippen LogP contribution is 2.40. The number of para-hydroxylation sites is 4. The van der Waals surface area contributed by atoms with Gasteiger partial charge in [-0.05, 0) is 96.1 Å². The summed E-state index contributed by atoms with van der Waals surface area (Å²) >= 11 is 0. The molecule has 0 aliphatic rings. The van der Waals surface area contributed by atoms with Crippen LogP contribution in [0.3, 0.4) is 0 Å². The average molecular weight is 842 g/mol. The summed E-state index contributed by atoms with van der Waals surface area (Å²) in [7, 11) is 0. The van der Waals surface area contributed by atoms with Gasteiger partial charge in [0.05, 0.1) is 44.5 Å². The minimum Gasteiger partial charge on any atom is -0.309 e. The summed E-state index contributed by atoms with van der Waals surface area (Å²) in [5, 5.41) is 7.41. The zero-order chi connectivity index (χ0) is 43.3. The lowest BCUT2D eigenvalue weighted by atomic mass is 10.0. The van der Waals surface area contributed by atoms with Crippen molar-refractivity contribution in [1.82, 2.24) is 23.1 Å². The van der Waals surface area contributed by atoms with E-state index >= 15 is 0 Å². The monoisotopic (exact) mass is 841 g/mol. The van der Waals surface area contributed by atoms with Gasteiger partial charge in [0, 0.05) is 66.7 Å². The maximum Gasteiger partial charge on any atom is 0.137 e. The lowest BCUT2D eigenvalue weighted by molar-refractivity contribution is 1.16. The minimum atomic E-state index is 0.916. The van der Waals surface area contributed by atoms with Gasteiger partial charge in [-0.2, -0.15) is 0 Å². The molecular formula is C61H39N5. The van der Waals surface area contributed by atoms with Crippen LogP contribution in [0, 0.1) is 0 Å². The Hall–Kier alpha value is -8.93. The van der Waals surface area contributed by atoms with Crippen molar-refractivity contribution in [2.75, 3.05) is 0 Å². The van der Waals surface area contributed by atoms with Crippen LogP contribution in [0.1, 0.15) is 0 Å². The summed E-state index contributed by atoms with van der Waals surface area (Å²) < 4.78 is 9.51. The lowest BCUT2D eigenvalue weighted by Crippen LogP contribution is -1.96. The van der Waals surface area contributed by atoms with Crippen LogP contribution < -0.4 is 0 Å². The Morgan fingerprint density at radius 2 is 0.667 bits per heavy atom. The topological polar surface area (TPSA) is 32.1 Å². The standard InChI is InChI=1S/C61H39N5/c1-3-15-41(16-4-1)60-61(42-17-5-2-6-18-42)63-39-43(29-36-59(63)62-60)40-27-30-44(31-28-40)64-57-34-32-45(65-53-23-11-7-19-47(53)48-20-8-12-24-54(48)65)37-51(57)52-38-46(33-35-58(52)64)66-55-25-13-9-21-49(55)50-22-10-14-26-56(50)66/h1-39H. The fourth-order valence-electron chi connectivity index (χ4n) is 10.6. The Balaban J connectivity index is 0.955. The molecule has 0 fully saturated rings. The van der Waals surface area contributed by atoms with Gasteiger partial charge in [0.15, 0.2) is 0 Å². The maximum atomic E-state index is 5.16. The molecule has 0 unspecified atom stereocenters. The molecule has 0 amide bonds. The second kappa shape index (κ2) is 14.3. The van der Waals surface area contributed by atoms with Crippen molar-refractivity contribution in [3.63, 3.8) is 0 Å². The molecule has 9 aromatic carbocycles. The normalized spacial score (nSPS) is 11.9. The molecule has 5 heterocycles. The first kappa shape index (κ1) is 36.5. The van der Waals surface area contributed by atoms with Gasteiger partial charge in [0.1, 0.15) is 5.65 Å². The highest BCUT2D eigenvalue weighted by molar-refractivity contribution is 6.14. The van der Waals surface area contributed by atoms with Crippen LogP contribution in [0.5, 0.6) is 0 Å². The van der Waals surface area contributed by atoms with E-state index in [9.17, 15) is 0 Å². The molecule has 0 saturated carbocycles. The number of nitrogens with zero attached hydrogens (tertiary/aromatic N) is 5. The number of benzene rings is 9. The van der Waals surface area contributed by atoms with Gasteiger partial charge in [-0.1, -0.05) is 146 Å². The Morgan fingerprint density at radius 1 is 0.273 bits per heavy atom. The molecule has 0 radical (unpaired) electrons. The molecule has 0 atom stereocenters. The molecule has 0 aliphatic carbocycles. The first-order valence-electron chi connectivity index (χ1n) is 22.5. The SMILES string of the molecule is c1ccc(-c2nc3ccc(-c4ccc(-n5c6ccc(-n7c8ccccc8c8ccccc87)cc6c6cc(-n7c8ccccc8c8ccccc87)ccc65)cc4)cn3c2-c2ccccc2)cc1. The van der Waals surface area contributed by atoms with E-state index in [1.807, 2.05) is 0 Å². The van der Waals surface area contributed by atoms with Crippen molar-refractivity contribution < 1.29 is 0 Å². The number of rotatable bonds is 6. The van der Waals surface area contributed by atoms with Crippen molar-refractivity contribution in [2.45, 2.75) is 0 Å². The smallest absolute Gasteiger partial charge is 0.137 e. The maximum absolute atomic E-state index is 5.16. The number of hydrogen-bond donors (Lipinski definition) is 0. The third-order valence-corrected chi connectivity index (χ3v) is 13.6. The Kier molecular flexibility index (Phi) is 7.91. The van der Waals surface area contributed by atoms with E-state index in [1.54, 1.807) is 0 Å². The Bertz CT molecular complexity index is 3930. The van der Waals surface area contributed by atoms with Gasteiger partial charge < -0.3 is 13.7 Å². The van der Waals surface area contributed by atoms with Crippen LogP contribution in [-0.4, -0.2) is 23.1 Å². The summed E-state index contributed by atoms with van der Waals surface area (Å²) in [6.07, 6.45) is 2.24. The molecular weight excluding hydrogens is 803 g/mol. The molecule has 0 spiro atoms. The van der Waals surface area contributed by atoms with Gasteiger partial charge in [-0.3, -0.25) is 4.40 Å². The van der Waals surface area contributed by atoms with Crippen LogP contribution in [-0.2, 0) is 0 Å². The first-order valence-corrected chi connectivity index (χ1v) is 22.5. The van der Waals surface area contributed by atoms with Crippen LogP contribution in [0.15, 0.2) is 237 Å². The van der Waals surface area contributed by atoms with Crippen molar-refractivity contribution in [1.29, 1.82) is 0 Å². The van der Waals surface area contributed by atoms with Crippen molar-refractivity contribution in [2.24, 2.45) is 0 Å². The quantitative estimate of drug-likeness (QED) is 0.164. The molecule has 14 rings (SSSR count). The lowest BCUT2D eigenvalue weighted by Gasteiger charge is -2.12. The van der Waals surface area contributed by atoms with E-state index in [4.69, 9.17) is 4.98 Å². The first-order chi connectivity index (χ1) is 32.7. The largest absolute Gasteiger partial charge is 0.309 e. The van der Waals surface area contributed by atoms with Crippen LogP contribution >= 0.6 is 0 Å². The highest BCUT2D eigenvalue weighted by Gasteiger charge is 2.20. The van der Waals surface area contributed by atoms with Crippen molar-refractivity contribution in [3.8, 4) is 50.7 Å². The number of aromatic nitrogens is 5. The van der Waals surface area contributed by atoms with E-state index in [-0.39, 0.29) is 0 Å². The van der Waals surface area contributed by atoms with Crippen LogP contribution in [0.25, 0.3) is 122 Å². The average Bonchev–Trinajstić information content (AvgIpc) is 4.13. The minimum absolute atomic E-state index is 0.916. The van der Waals surface area contributed by atoms with E-state index in [0.717, 1.165) is 67.4 Å². The van der Waals surface area contributed by atoms with Crippen molar-refractivity contribution >= 4 is 71.1 Å². The van der Waals surface area contributed by atoms with Gasteiger partial charge in [0.25, 0.3) is 0 Å². The number of hydrogen-bond acceptors (Lipinski definition) is 1. The predicted molar refractivity (Wildman–Crippen MR) is 275 cm³/mol. The zero-order valence-corrected chi connectivity index (χ0v) is 35.8. The third-order valence-electron chi connectivity index (χ3n) is 13.6. The summed E-state index contributed by atoms with van der Waals surface area (Å²) in [6.45, 7) is 0. The molecule has 0 saturated heterocycles. The van der Waals surface area contributed by atoms with Gasteiger partial charge in [0.2, 0.25) is 0 Å². The fraction of sp³-hybridized carbons (Fsp3) is 0. The molecule has 66 heavy (non-hydrogen) atoms. The second-order valence-electron chi connectivity index (χ2n) is 17.2. The van der Waals surface area contributed by atoms with Gasteiger partial charge >= 0.3 is 0 Å². The van der Waals surface area contributed by atoms with Crippen LogP contribution in [0.4, 0.5) is 0 Å². The van der Waals surface area contributed by atoms with Gasteiger partial charge in [-0.15, -0.1) is 0 Å². The molecule has 0 bridgehead atoms. The van der Waals surface area contributed by atoms with E-state index < -0.39 is 0 Å². The molecule has 5 aromatic heterocycles. The second-order valence-corrected chi connectivity index (χ2v) is 17.2. The summed E-state index contributed by atoms with van der Waals surface area (Å²) in [6, 6.07) is 83.4. The summed E-state index contributed by atoms with van der Waals surface area (Å²) in [4.78, 5) is 5.16. The number of imidazole rings is 1. The van der Waals surface area contributed by atoms with Crippen LogP contribution in [0.2, 0.25) is 0 Å². The van der Waals surface area contributed by atoms with E-state index in [1.165, 1.54) is 54.4 Å². The van der Waals surface area contributed by atoms with E-state index in [0.29, 0.717) is 0 Å². The Morgan fingerprint density at radius 3 is 1.17 bits per heavy atom. The number of pyridine rings is 1. The molecule has 5 heteroatoms. The molecule has 14 aromatic rings. The van der Waals surface area contributed by atoms with Gasteiger partial charge in [-0.25, -0.2) is 4.98 Å².